The van der Waals surface area contributed by atoms with Crippen LogP contribution in [-0.2, 0) is 6.18 Å². The summed E-state index contributed by atoms with van der Waals surface area (Å²) in [6, 6.07) is 9.42. The molecule has 5 nitrogen and oxygen atoms in total. The Morgan fingerprint density at radius 3 is 2.39 bits per heavy atom. The molecular weight excluding hydrogens is 393 g/mol. The van der Waals surface area contributed by atoms with E-state index >= 15 is 0 Å². The highest BCUT2D eigenvalue weighted by Gasteiger charge is 2.38. The molecule has 146 valence electrons. The maximum Gasteiger partial charge on any atom is 0.435 e. The molecule has 0 saturated heterocycles. The molecule has 2 heterocycles. The number of primary amides is 1. The fraction of sp³-hybridized carbons (Fsp3) is 0.211. The predicted octanol–water partition coefficient (Wildman–Crippen LogP) is 4.35. The van der Waals surface area contributed by atoms with E-state index in [-0.39, 0.29) is 18.3 Å². The van der Waals surface area contributed by atoms with Gasteiger partial charge in [-0.3, -0.25) is 9.78 Å². The number of alkyl halides is 3. The van der Waals surface area contributed by atoms with Crippen LogP contribution in [0.5, 0.6) is 0 Å². The van der Waals surface area contributed by atoms with Gasteiger partial charge in [0.05, 0.1) is 5.69 Å². The molecule has 0 radical (unpaired) electrons. The van der Waals surface area contributed by atoms with Gasteiger partial charge in [0.25, 0.3) is 0 Å². The number of carbonyl (C=O) groups is 1. The molecular formula is C19H16ClF3N4O. The van der Waals surface area contributed by atoms with Crippen molar-refractivity contribution in [3.8, 4) is 16.8 Å². The van der Waals surface area contributed by atoms with Gasteiger partial charge in [-0.25, -0.2) is 4.68 Å². The van der Waals surface area contributed by atoms with Crippen molar-refractivity contribution in [2.24, 2.45) is 5.73 Å². The second kappa shape index (κ2) is 7.27. The minimum atomic E-state index is -4.49. The molecule has 1 aliphatic rings. The Labute approximate surface area is 164 Å². The fourth-order valence-electron chi connectivity index (χ4n) is 3.03. The van der Waals surface area contributed by atoms with E-state index in [9.17, 15) is 18.0 Å². The van der Waals surface area contributed by atoms with Crippen molar-refractivity contribution in [3.63, 3.8) is 0 Å². The van der Waals surface area contributed by atoms with Crippen LogP contribution in [0.2, 0.25) is 0 Å². The molecule has 1 fully saturated rings. The summed E-state index contributed by atoms with van der Waals surface area (Å²) in [5, 5.41) is 3.77. The van der Waals surface area contributed by atoms with Gasteiger partial charge < -0.3 is 5.73 Å². The Morgan fingerprint density at radius 2 is 1.82 bits per heavy atom. The first-order chi connectivity index (χ1) is 12.8. The van der Waals surface area contributed by atoms with Crippen LogP contribution in [0.25, 0.3) is 16.8 Å². The van der Waals surface area contributed by atoms with E-state index in [1.165, 1.54) is 23.1 Å². The summed E-state index contributed by atoms with van der Waals surface area (Å²) >= 11 is 0. The van der Waals surface area contributed by atoms with Gasteiger partial charge in [-0.15, -0.1) is 12.4 Å². The number of aromatic nitrogens is 3. The number of hydrogen-bond acceptors (Lipinski definition) is 3. The quantitative estimate of drug-likeness (QED) is 0.697. The summed E-state index contributed by atoms with van der Waals surface area (Å²) in [5.74, 6) is -0.470. The van der Waals surface area contributed by atoms with E-state index in [2.05, 4.69) is 10.1 Å². The molecule has 9 heteroatoms. The highest BCUT2D eigenvalue weighted by Crippen LogP contribution is 2.43. The Morgan fingerprint density at radius 1 is 1.14 bits per heavy atom. The number of amides is 1. The number of rotatable bonds is 4. The molecule has 1 saturated carbocycles. The zero-order valence-corrected chi connectivity index (χ0v) is 15.3. The third-order valence-electron chi connectivity index (χ3n) is 4.53. The van der Waals surface area contributed by atoms with E-state index < -0.39 is 17.8 Å². The SMILES string of the molecule is Cl.NC(=O)c1ccncc1-c1ccc(-n2nc(C(F)(F)F)cc2C2CC2)cc1. The van der Waals surface area contributed by atoms with Crippen molar-refractivity contribution in [2.45, 2.75) is 24.9 Å². The van der Waals surface area contributed by atoms with Crippen LogP contribution in [-0.4, -0.2) is 20.7 Å². The minimum absolute atomic E-state index is 0. The zero-order chi connectivity index (χ0) is 19.2. The Hall–Kier alpha value is -2.87. The lowest BCUT2D eigenvalue weighted by molar-refractivity contribution is -0.141. The number of nitrogens with two attached hydrogens (primary N) is 1. The average Bonchev–Trinajstić information content (AvgIpc) is 3.38. The monoisotopic (exact) mass is 408 g/mol. The van der Waals surface area contributed by atoms with Crippen molar-refractivity contribution in [2.75, 3.05) is 0 Å². The molecule has 1 aromatic carbocycles. The molecule has 0 unspecified atom stereocenters. The molecule has 0 atom stereocenters. The lowest BCUT2D eigenvalue weighted by Gasteiger charge is -2.10. The highest BCUT2D eigenvalue weighted by molar-refractivity contribution is 5.99. The standard InChI is InChI=1S/C19H15F3N4O.ClH/c20-19(21,22)17-9-16(12-1-2-12)26(25-17)13-5-3-11(4-6-13)15-10-24-8-7-14(15)18(23)27;/h3-10,12H,1-2H2,(H2,23,27);1H. The molecule has 0 bridgehead atoms. The molecule has 1 amide bonds. The van der Waals surface area contributed by atoms with Crippen LogP contribution < -0.4 is 5.73 Å². The van der Waals surface area contributed by atoms with Gasteiger partial charge in [0.15, 0.2) is 5.69 Å². The van der Waals surface area contributed by atoms with Crippen LogP contribution in [0.15, 0.2) is 48.8 Å². The summed E-state index contributed by atoms with van der Waals surface area (Å²) in [6.45, 7) is 0. The Kier molecular flexibility index (Phi) is 5.16. The number of pyridine rings is 1. The minimum Gasteiger partial charge on any atom is -0.366 e. The van der Waals surface area contributed by atoms with E-state index in [4.69, 9.17) is 5.73 Å². The third-order valence-corrected chi connectivity index (χ3v) is 4.53. The van der Waals surface area contributed by atoms with Gasteiger partial charge in [0, 0.05) is 35.1 Å². The smallest absolute Gasteiger partial charge is 0.366 e. The first kappa shape index (κ1) is 19.9. The van der Waals surface area contributed by atoms with Crippen LogP contribution in [0.1, 0.15) is 40.5 Å². The van der Waals surface area contributed by atoms with E-state index in [1.54, 1.807) is 24.3 Å². The predicted molar refractivity (Wildman–Crippen MR) is 99.5 cm³/mol. The van der Waals surface area contributed by atoms with Gasteiger partial charge >= 0.3 is 6.18 Å². The molecule has 2 aromatic heterocycles. The molecule has 1 aliphatic carbocycles. The maximum atomic E-state index is 13.1. The van der Waals surface area contributed by atoms with Crippen molar-refractivity contribution < 1.29 is 18.0 Å². The van der Waals surface area contributed by atoms with Crippen molar-refractivity contribution in [3.05, 3.63) is 65.7 Å². The summed E-state index contributed by atoms with van der Waals surface area (Å²) in [4.78, 5) is 15.6. The van der Waals surface area contributed by atoms with Crippen LogP contribution in [0, 0.1) is 0 Å². The molecule has 2 N–H and O–H groups in total. The van der Waals surface area contributed by atoms with Gasteiger partial charge in [0.2, 0.25) is 5.91 Å². The van der Waals surface area contributed by atoms with Gasteiger partial charge in [0.1, 0.15) is 0 Å². The Bertz CT molecular complexity index is 1010. The second-order valence-corrected chi connectivity index (χ2v) is 6.47. The lowest BCUT2D eigenvalue weighted by Crippen LogP contribution is -2.12. The van der Waals surface area contributed by atoms with Gasteiger partial charge in [-0.2, -0.15) is 18.3 Å². The van der Waals surface area contributed by atoms with Crippen molar-refractivity contribution in [1.82, 2.24) is 14.8 Å². The highest BCUT2D eigenvalue weighted by atomic mass is 35.5. The van der Waals surface area contributed by atoms with Crippen LogP contribution in [0.3, 0.4) is 0 Å². The van der Waals surface area contributed by atoms with Gasteiger partial charge in [-0.05, 0) is 42.7 Å². The fourth-order valence-corrected chi connectivity index (χ4v) is 3.03. The molecule has 3 aromatic rings. The van der Waals surface area contributed by atoms with Crippen molar-refractivity contribution >= 4 is 18.3 Å². The summed E-state index contributed by atoms with van der Waals surface area (Å²) in [5.41, 5.74) is 7.18. The largest absolute Gasteiger partial charge is 0.435 e. The third kappa shape index (κ3) is 3.73. The number of benzene rings is 1. The summed E-state index contributed by atoms with van der Waals surface area (Å²) in [6.07, 6.45) is 0.237. The van der Waals surface area contributed by atoms with Crippen molar-refractivity contribution in [1.29, 1.82) is 0 Å². The number of hydrogen-bond donors (Lipinski definition) is 1. The molecule has 4 rings (SSSR count). The zero-order valence-electron chi connectivity index (χ0n) is 14.5. The summed E-state index contributed by atoms with van der Waals surface area (Å²) in [7, 11) is 0. The maximum absolute atomic E-state index is 13.1. The Balaban J connectivity index is 0.00000225. The lowest BCUT2D eigenvalue weighted by atomic mass is 10.0. The number of carbonyl (C=O) groups excluding carboxylic acids is 1. The number of nitrogens with zero attached hydrogens (tertiary/aromatic N) is 3. The van der Waals surface area contributed by atoms with E-state index in [1.807, 2.05) is 0 Å². The topological polar surface area (TPSA) is 73.8 Å². The first-order valence-electron chi connectivity index (χ1n) is 8.36. The van der Waals surface area contributed by atoms with E-state index in [0.29, 0.717) is 28.1 Å². The molecule has 0 spiro atoms. The summed E-state index contributed by atoms with van der Waals surface area (Å²) < 4.78 is 40.5. The first-order valence-corrected chi connectivity index (χ1v) is 8.36. The molecule has 0 aliphatic heterocycles. The van der Waals surface area contributed by atoms with E-state index in [0.717, 1.165) is 18.9 Å². The van der Waals surface area contributed by atoms with Gasteiger partial charge in [-0.1, -0.05) is 12.1 Å². The molecule has 28 heavy (non-hydrogen) atoms. The number of halogens is 4. The van der Waals surface area contributed by atoms with Crippen LogP contribution in [0.4, 0.5) is 13.2 Å². The average molecular weight is 409 g/mol. The normalized spacial score (nSPS) is 13.8. The van der Waals surface area contributed by atoms with Crippen LogP contribution >= 0.6 is 12.4 Å². The second-order valence-electron chi connectivity index (χ2n) is 6.47.